The van der Waals surface area contributed by atoms with Crippen LogP contribution >= 0.6 is 0 Å². The standard InChI is InChI=1S/C15H26O2/c1-5-6-7-8-9-10-11-12-13-14(16)17-15(2,3)4/h6-7,9-10H,5,8,11-13H2,1-4H3/b7-6-,10-9-. The zero-order valence-electron chi connectivity index (χ0n) is 11.7. The molecule has 0 N–H and O–H groups in total. The predicted octanol–water partition coefficient (Wildman–Crippen LogP) is 4.41. The summed E-state index contributed by atoms with van der Waals surface area (Å²) in [5.74, 6) is -0.100. The first kappa shape index (κ1) is 16.0. The van der Waals surface area contributed by atoms with Gasteiger partial charge in [0.2, 0.25) is 0 Å². The molecule has 0 aliphatic heterocycles. The molecule has 0 saturated heterocycles. The Balaban J connectivity index is 3.51. The minimum absolute atomic E-state index is 0.100. The van der Waals surface area contributed by atoms with Crippen molar-refractivity contribution in [2.24, 2.45) is 0 Å². The molecule has 0 rings (SSSR count). The maximum atomic E-state index is 11.4. The number of ether oxygens (including phenoxy) is 1. The summed E-state index contributed by atoms with van der Waals surface area (Å²) in [4.78, 5) is 11.4. The highest BCUT2D eigenvalue weighted by molar-refractivity contribution is 5.69. The fraction of sp³-hybridized carbons (Fsp3) is 0.667. The topological polar surface area (TPSA) is 26.3 Å². The monoisotopic (exact) mass is 238 g/mol. The molecule has 0 spiro atoms. The summed E-state index contributed by atoms with van der Waals surface area (Å²) in [5, 5.41) is 0. The van der Waals surface area contributed by atoms with Gasteiger partial charge in [-0.05, 0) is 46.5 Å². The van der Waals surface area contributed by atoms with E-state index in [1.54, 1.807) is 0 Å². The molecule has 2 heteroatoms. The number of esters is 1. The minimum atomic E-state index is -0.363. The second kappa shape index (κ2) is 9.03. The lowest BCUT2D eigenvalue weighted by Crippen LogP contribution is -2.23. The van der Waals surface area contributed by atoms with Crippen LogP contribution in [-0.2, 0) is 9.53 Å². The van der Waals surface area contributed by atoms with Crippen LogP contribution in [0.25, 0.3) is 0 Å². The van der Waals surface area contributed by atoms with Gasteiger partial charge in [0.15, 0.2) is 0 Å². The molecular formula is C15H26O2. The molecular weight excluding hydrogens is 212 g/mol. The molecule has 0 aliphatic carbocycles. The minimum Gasteiger partial charge on any atom is -0.460 e. The fourth-order valence-electron chi connectivity index (χ4n) is 1.31. The molecule has 0 aliphatic rings. The first-order chi connectivity index (χ1) is 7.95. The van der Waals surface area contributed by atoms with E-state index in [1.807, 2.05) is 20.8 Å². The molecule has 0 heterocycles. The van der Waals surface area contributed by atoms with E-state index in [0.29, 0.717) is 6.42 Å². The van der Waals surface area contributed by atoms with Crippen molar-refractivity contribution in [2.75, 3.05) is 0 Å². The number of hydrogen-bond donors (Lipinski definition) is 0. The molecule has 0 amide bonds. The number of unbranched alkanes of at least 4 members (excludes halogenated alkanes) is 1. The third-order valence-electron chi connectivity index (χ3n) is 2.01. The summed E-state index contributed by atoms with van der Waals surface area (Å²) in [6.07, 6.45) is 13.0. The first-order valence-corrected chi connectivity index (χ1v) is 6.47. The number of carbonyl (C=O) groups excluding carboxylic acids is 1. The van der Waals surface area contributed by atoms with Crippen LogP contribution in [0.3, 0.4) is 0 Å². The number of rotatable bonds is 7. The van der Waals surface area contributed by atoms with Crippen LogP contribution < -0.4 is 0 Å². The molecule has 0 radical (unpaired) electrons. The van der Waals surface area contributed by atoms with E-state index in [4.69, 9.17) is 4.74 Å². The second-order valence-electron chi connectivity index (χ2n) is 5.07. The summed E-state index contributed by atoms with van der Waals surface area (Å²) in [6, 6.07) is 0. The highest BCUT2D eigenvalue weighted by Crippen LogP contribution is 2.10. The van der Waals surface area contributed by atoms with Crippen molar-refractivity contribution >= 4 is 5.97 Å². The van der Waals surface area contributed by atoms with Gasteiger partial charge in [-0.1, -0.05) is 31.2 Å². The number of allylic oxidation sites excluding steroid dienone is 4. The van der Waals surface area contributed by atoms with Gasteiger partial charge >= 0.3 is 5.97 Å². The van der Waals surface area contributed by atoms with E-state index in [0.717, 1.165) is 25.7 Å². The number of carbonyl (C=O) groups is 1. The van der Waals surface area contributed by atoms with Gasteiger partial charge in [0, 0.05) is 6.42 Å². The lowest BCUT2D eigenvalue weighted by Gasteiger charge is -2.19. The van der Waals surface area contributed by atoms with Crippen molar-refractivity contribution < 1.29 is 9.53 Å². The van der Waals surface area contributed by atoms with Crippen molar-refractivity contribution in [1.82, 2.24) is 0 Å². The molecule has 0 fully saturated rings. The first-order valence-electron chi connectivity index (χ1n) is 6.47. The third kappa shape index (κ3) is 12.9. The molecule has 98 valence electrons. The lowest BCUT2D eigenvalue weighted by atomic mass is 10.2. The van der Waals surface area contributed by atoms with Gasteiger partial charge in [0.25, 0.3) is 0 Å². The molecule has 0 atom stereocenters. The Hall–Kier alpha value is -1.05. The Kier molecular flexibility index (Phi) is 8.47. The van der Waals surface area contributed by atoms with Gasteiger partial charge in [-0.2, -0.15) is 0 Å². The highest BCUT2D eigenvalue weighted by Gasteiger charge is 2.15. The maximum Gasteiger partial charge on any atom is 0.306 e. The summed E-state index contributed by atoms with van der Waals surface area (Å²) in [6.45, 7) is 7.81. The SMILES string of the molecule is CC/C=C\C/C=C\CCCC(=O)OC(C)(C)C. The van der Waals surface area contributed by atoms with E-state index in [9.17, 15) is 4.79 Å². The van der Waals surface area contributed by atoms with Crippen LogP contribution in [0.2, 0.25) is 0 Å². The zero-order chi connectivity index (χ0) is 13.1. The second-order valence-corrected chi connectivity index (χ2v) is 5.07. The smallest absolute Gasteiger partial charge is 0.306 e. The lowest BCUT2D eigenvalue weighted by molar-refractivity contribution is -0.154. The van der Waals surface area contributed by atoms with E-state index >= 15 is 0 Å². The van der Waals surface area contributed by atoms with E-state index in [1.165, 1.54) is 0 Å². The van der Waals surface area contributed by atoms with Gasteiger partial charge in [0.1, 0.15) is 5.60 Å². The summed E-state index contributed by atoms with van der Waals surface area (Å²) >= 11 is 0. The third-order valence-corrected chi connectivity index (χ3v) is 2.01. The average Bonchev–Trinajstić information content (AvgIpc) is 2.19. The van der Waals surface area contributed by atoms with Crippen LogP contribution in [0.5, 0.6) is 0 Å². The van der Waals surface area contributed by atoms with Crippen molar-refractivity contribution in [3.8, 4) is 0 Å². The zero-order valence-corrected chi connectivity index (χ0v) is 11.7. The number of hydrogen-bond acceptors (Lipinski definition) is 2. The molecule has 0 aromatic rings. The summed E-state index contributed by atoms with van der Waals surface area (Å²) in [5.41, 5.74) is -0.363. The summed E-state index contributed by atoms with van der Waals surface area (Å²) in [7, 11) is 0. The Labute approximate surface area is 106 Å². The van der Waals surface area contributed by atoms with Crippen molar-refractivity contribution in [2.45, 2.75) is 65.4 Å². The van der Waals surface area contributed by atoms with Gasteiger partial charge in [-0.3, -0.25) is 4.79 Å². The normalized spacial score (nSPS) is 12.5. The quantitative estimate of drug-likeness (QED) is 0.373. The Morgan fingerprint density at radius 1 is 1.12 bits per heavy atom. The van der Waals surface area contributed by atoms with Crippen LogP contribution in [0.15, 0.2) is 24.3 Å². The Bertz CT molecular complexity index is 257. The summed E-state index contributed by atoms with van der Waals surface area (Å²) < 4.78 is 5.22. The molecule has 17 heavy (non-hydrogen) atoms. The average molecular weight is 238 g/mol. The molecule has 0 unspecified atom stereocenters. The predicted molar refractivity (Wildman–Crippen MR) is 72.9 cm³/mol. The van der Waals surface area contributed by atoms with Gasteiger partial charge in [-0.15, -0.1) is 0 Å². The van der Waals surface area contributed by atoms with Crippen molar-refractivity contribution in [3.63, 3.8) is 0 Å². The van der Waals surface area contributed by atoms with Crippen LogP contribution in [0, 0.1) is 0 Å². The van der Waals surface area contributed by atoms with Crippen LogP contribution in [0.4, 0.5) is 0 Å². The molecule has 0 aromatic heterocycles. The molecule has 2 nitrogen and oxygen atoms in total. The van der Waals surface area contributed by atoms with Crippen LogP contribution in [-0.4, -0.2) is 11.6 Å². The largest absolute Gasteiger partial charge is 0.460 e. The van der Waals surface area contributed by atoms with E-state index in [2.05, 4.69) is 31.2 Å². The molecule has 0 bridgehead atoms. The van der Waals surface area contributed by atoms with Crippen LogP contribution in [0.1, 0.15) is 59.8 Å². The van der Waals surface area contributed by atoms with E-state index < -0.39 is 0 Å². The Morgan fingerprint density at radius 3 is 2.35 bits per heavy atom. The highest BCUT2D eigenvalue weighted by atomic mass is 16.6. The van der Waals surface area contributed by atoms with Gasteiger partial charge in [-0.25, -0.2) is 0 Å². The fourth-order valence-corrected chi connectivity index (χ4v) is 1.31. The molecule has 0 aromatic carbocycles. The van der Waals surface area contributed by atoms with E-state index in [-0.39, 0.29) is 11.6 Å². The maximum absolute atomic E-state index is 11.4. The van der Waals surface area contributed by atoms with Crippen molar-refractivity contribution in [3.05, 3.63) is 24.3 Å². The van der Waals surface area contributed by atoms with Gasteiger partial charge in [0.05, 0.1) is 0 Å². The van der Waals surface area contributed by atoms with Gasteiger partial charge < -0.3 is 4.74 Å². The van der Waals surface area contributed by atoms with Crippen molar-refractivity contribution in [1.29, 1.82) is 0 Å². The molecule has 0 saturated carbocycles. The Morgan fingerprint density at radius 2 is 1.76 bits per heavy atom.